The summed E-state index contributed by atoms with van der Waals surface area (Å²) < 4.78 is 5.73. The molecular formula is C10H12IN3O2S. The van der Waals surface area contributed by atoms with Crippen LogP contribution in [0, 0.1) is 3.57 Å². The zero-order valence-corrected chi connectivity index (χ0v) is 12.3. The Morgan fingerprint density at radius 3 is 2.88 bits per heavy atom. The van der Waals surface area contributed by atoms with E-state index in [1.807, 2.05) is 22.6 Å². The fraction of sp³-hybridized carbons (Fsp3) is 0.200. The van der Waals surface area contributed by atoms with Gasteiger partial charge in [-0.3, -0.25) is 5.43 Å². The molecule has 5 nitrogen and oxygen atoms in total. The largest absolute Gasteiger partial charge is 0.504 e. The summed E-state index contributed by atoms with van der Waals surface area (Å²) in [7, 11) is 3.21. The maximum atomic E-state index is 9.65. The Labute approximate surface area is 118 Å². The second kappa shape index (κ2) is 6.60. The third kappa shape index (κ3) is 4.00. The molecule has 17 heavy (non-hydrogen) atoms. The van der Waals surface area contributed by atoms with Gasteiger partial charge >= 0.3 is 0 Å². The van der Waals surface area contributed by atoms with Crippen LogP contribution in [0.5, 0.6) is 11.5 Å². The standard InChI is InChI=1S/C10H12IN3O2S/c1-12-10(17)14-13-5-6-3-7(11)9(15)8(4-6)16-2/h3-5,15H,1-2H3,(H2,12,14,17)/b13-5+. The van der Waals surface area contributed by atoms with E-state index in [9.17, 15) is 5.11 Å². The molecule has 3 N–H and O–H groups in total. The average Bonchev–Trinajstić information content (AvgIpc) is 2.33. The second-order valence-corrected chi connectivity index (χ2v) is 4.57. The third-order valence-corrected chi connectivity index (χ3v) is 3.00. The molecule has 0 bridgehead atoms. The number of hydrogen-bond donors (Lipinski definition) is 3. The van der Waals surface area contributed by atoms with Gasteiger partial charge < -0.3 is 15.2 Å². The Morgan fingerprint density at radius 1 is 1.59 bits per heavy atom. The van der Waals surface area contributed by atoms with Crippen LogP contribution in [-0.4, -0.2) is 30.6 Å². The minimum atomic E-state index is 0.129. The van der Waals surface area contributed by atoms with Gasteiger partial charge in [-0.1, -0.05) is 0 Å². The van der Waals surface area contributed by atoms with Crippen LogP contribution in [0.15, 0.2) is 17.2 Å². The minimum absolute atomic E-state index is 0.129. The molecular weight excluding hydrogens is 353 g/mol. The molecule has 0 aliphatic carbocycles. The van der Waals surface area contributed by atoms with Crippen LogP contribution in [0.1, 0.15) is 5.56 Å². The van der Waals surface area contributed by atoms with Crippen molar-refractivity contribution in [1.29, 1.82) is 0 Å². The van der Waals surface area contributed by atoms with E-state index in [0.29, 0.717) is 14.4 Å². The van der Waals surface area contributed by atoms with Crippen molar-refractivity contribution in [1.82, 2.24) is 10.7 Å². The summed E-state index contributed by atoms with van der Waals surface area (Å²) >= 11 is 6.88. The number of benzene rings is 1. The first kappa shape index (κ1) is 14.0. The molecule has 0 aliphatic rings. The van der Waals surface area contributed by atoms with Crippen LogP contribution in [0.3, 0.4) is 0 Å². The quantitative estimate of drug-likeness (QED) is 0.327. The Morgan fingerprint density at radius 2 is 2.29 bits per heavy atom. The Hall–Kier alpha value is -1.09. The van der Waals surface area contributed by atoms with Gasteiger partial charge in [0, 0.05) is 7.05 Å². The number of phenols is 1. The van der Waals surface area contributed by atoms with Gasteiger partial charge in [-0.2, -0.15) is 5.10 Å². The monoisotopic (exact) mass is 365 g/mol. The highest BCUT2D eigenvalue weighted by Gasteiger charge is 2.07. The van der Waals surface area contributed by atoms with E-state index in [2.05, 4.69) is 15.8 Å². The zero-order valence-electron chi connectivity index (χ0n) is 9.32. The summed E-state index contributed by atoms with van der Waals surface area (Å²) in [5.74, 6) is 0.540. The number of phenolic OH excluding ortho intramolecular Hbond substituents is 1. The zero-order chi connectivity index (χ0) is 12.8. The van der Waals surface area contributed by atoms with Crippen LogP contribution in [0.25, 0.3) is 0 Å². The lowest BCUT2D eigenvalue weighted by molar-refractivity contribution is 0.371. The molecule has 0 saturated heterocycles. The molecule has 1 rings (SSSR count). The summed E-state index contributed by atoms with van der Waals surface area (Å²) in [6.07, 6.45) is 1.59. The second-order valence-electron chi connectivity index (χ2n) is 3.00. The SMILES string of the molecule is CNC(=S)N/N=C/c1cc(I)c(O)c(OC)c1. The molecule has 0 unspecified atom stereocenters. The third-order valence-electron chi connectivity index (χ3n) is 1.88. The molecule has 0 aliphatic heterocycles. The first-order valence-corrected chi connectivity index (χ1v) is 6.14. The van der Waals surface area contributed by atoms with Crippen molar-refractivity contribution >= 4 is 46.1 Å². The molecule has 0 atom stereocenters. The average molecular weight is 365 g/mol. The first-order chi connectivity index (χ1) is 8.08. The molecule has 0 saturated carbocycles. The van der Waals surface area contributed by atoms with Crippen LogP contribution >= 0.6 is 34.8 Å². The normalized spacial score (nSPS) is 10.3. The number of hydrazone groups is 1. The molecule has 0 spiro atoms. The van der Waals surface area contributed by atoms with Crippen molar-refractivity contribution in [3.8, 4) is 11.5 Å². The Kier molecular flexibility index (Phi) is 5.42. The lowest BCUT2D eigenvalue weighted by Crippen LogP contribution is -2.28. The highest BCUT2D eigenvalue weighted by Crippen LogP contribution is 2.31. The fourth-order valence-corrected chi connectivity index (χ4v) is 1.72. The smallest absolute Gasteiger partial charge is 0.186 e. The molecule has 92 valence electrons. The molecule has 7 heteroatoms. The van der Waals surface area contributed by atoms with Crippen molar-refractivity contribution in [3.63, 3.8) is 0 Å². The lowest BCUT2D eigenvalue weighted by atomic mass is 10.2. The van der Waals surface area contributed by atoms with Gasteiger partial charge in [-0.25, -0.2) is 0 Å². The number of hydrogen-bond acceptors (Lipinski definition) is 4. The van der Waals surface area contributed by atoms with Gasteiger partial charge in [0.2, 0.25) is 0 Å². The summed E-state index contributed by atoms with van der Waals surface area (Å²) in [6, 6.07) is 3.47. The number of rotatable bonds is 3. The summed E-state index contributed by atoms with van der Waals surface area (Å²) in [4.78, 5) is 0. The van der Waals surface area contributed by atoms with Gasteiger partial charge in [0.05, 0.1) is 16.9 Å². The summed E-state index contributed by atoms with van der Waals surface area (Å²) in [6.45, 7) is 0. The van der Waals surface area contributed by atoms with E-state index in [-0.39, 0.29) is 5.75 Å². The van der Waals surface area contributed by atoms with Gasteiger partial charge in [0.1, 0.15) is 0 Å². The minimum Gasteiger partial charge on any atom is -0.504 e. The highest BCUT2D eigenvalue weighted by molar-refractivity contribution is 14.1. The van der Waals surface area contributed by atoms with Gasteiger partial charge in [-0.05, 0) is 52.5 Å². The summed E-state index contributed by atoms with van der Waals surface area (Å²) in [5, 5.41) is 16.8. The maximum absolute atomic E-state index is 9.65. The van der Waals surface area contributed by atoms with Crippen molar-refractivity contribution in [2.24, 2.45) is 5.10 Å². The van der Waals surface area contributed by atoms with Gasteiger partial charge in [0.25, 0.3) is 0 Å². The Balaban J connectivity index is 2.85. The number of halogens is 1. The van der Waals surface area contributed by atoms with Crippen LogP contribution in [0.4, 0.5) is 0 Å². The van der Waals surface area contributed by atoms with Gasteiger partial charge in [0.15, 0.2) is 16.6 Å². The van der Waals surface area contributed by atoms with Crippen LogP contribution in [-0.2, 0) is 0 Å². The number of nitrogens with zero attached hydrogens (tertiary/aromatic N) is 1. The molecule has 1 aromatic carbocycles. The highest BCUT2D eigenvalue weighted by atomic mass is 127. The van der Waals surface area contributed by atoms with Gasteiger partial charge in [-0.15, -0.1) is 0 Å². The lowest BCUT2D eigenvalue weighted by Gasteiger charge is -2.06. The van der Waals surface area contributed by atoms with Crippen LogP contribution in [0.2, 0.25) is 0 Å². The number of aromatic hydroxyl groups is 1. The molecule has 1 aromatic rings. The topological polar surface area (TPSA) is 65.9 Å². The number of thiocarbonyl (C=S) groups is 1. The molecule has 0 amide bonds. The van der Waals surface area contributed by atoms with Crippen molar-refractivity contribution in [3.05, 3.63) is 21.3 Å². The predicted octanol–water partition coefficient (Wildman–Crippen LogP) is 1.43. The van der Waals surface area contributed by atoms with E-state index < -0.39 is 0 Å². The fourth-order valence-electron chi connectivity index (χ4n) is 1.05. The van der Waals surface area contributed by atoms with Crippen LogP contribution < -0.4 is 15.5 Å². The first-order valence-electron chi connectivity index (χ1n) is 4.65. The predicted molar refractivity (Wildman–Crippen MR) is 79.8 cm³/mol. The molecule has 0 radical (unpaired) electrons. The molecule has 0 heterocycles. The van der Waals surface area contributed by atoms with E-state index in [0.717, 1.165) is 5.56 Å². The number of ether oxygens (including phenoxy) is 1. The van der Waals surface area contributed by atoms with E-state index in [4.69, 9.17) is 17.0 Å². The van der Waals surface area contributed by atoms with E-state index in [1.165, 1.54) is 7.11 Å². The van der Waals surface area contributed by atoms with Crippen molar-refractivity contribution < 1.29 is 9.84 Å². The Bertz CT molecular complexity index is 451. The molecule has 0 fully saturated rings. The van der Waals surface area contributed by atoms with Crippen molar-refractivity contribution in [2.75, 3.05) is 14.2 Å². The maximum Gasteiger partial charge on any atom is 0.186 e. The number of nitrogens with one attached hydrogen (secondary N) is 2. The summed E-state index contributed by atoms with van der Waals surface area (Å²) in [5.41, 5.74) is 3.44. The molecule has 0 aromatic heterocycles. The van der Waals surface area contributed by atoms with E-state index >= 15 is 0 Å². The van der Waals surface area contributed by atoms with E-state index in [1.54, 1.807) is 25.4 Å². The number of methoxy groups -OCH3 is 1. The van der Waals surface area contributed by atoms with Crippen molar-refractivity contribution in [2.45, 2.75) is 0 Å².